The third kappa shape index (κ3) is 2.67. The van der Waals surface area contributed by atoms with E-state index >= 15 is 0 Å². The van der Waals surface area contributed by atoms with Crippen molar-refractivity contribution >= 4 is 11.8 Å². The van der Waals surface area contributed by atoms with Gasteiger partial charge in [0.2, 0.25) is 0 Å². The van der Waals surface area contributed by atoms with Gasteiger partial charge in [-0.05, 0) is 18.2 Å². The van der Waals surface area contributed by atoms with E-state index in [1.165, 1.54) is 24.3 Å². The molecule has 98 valence electrons. The molecule has 6 heteroatoms. The number of carboxylic acids is 1. The third-order valence-electron chi connectivity index (χ3n) is 2.56. The number of anilines is 1. The van der Waals surface area contributed by atoms with Crippen LogP contribution in [0.1, 0.15) is 5.69 Å². The summed E-state index contributed by atoms with van der Waals surface area (Å²) in [6.07, 6.45) is -0.420. The lowest BCUT2D eigenvalue weighted by Crippen LogP contribution is -2.06. The summed E-state index contributed by atoms with van der Waals surface area (Å²) in [4.78, 5) is 14.6. The first-order chi connectivity index (χ1) is 8.99. The summed E-state index contributed by atoms with van der Waals surface area (Å²) in [7, 11) is 0. The van der Waals surface area contributed by atoms with Gasteiger partial charge in [0, 0.05) is 11.1 Å². The lowest BCUT2D eigenvalue weighted by atomic mass is 10.0. The first kappa shape index (κ1) is 12.9. The fourth-order valence-corrected chi connectivity index (χ4v) is 1.75. The Morgan fingerprint density at radius 1 is 1.21 bits per heavy atom. The number of carboxylic acid groups (broad SMARTS) is 1. The average molecular weight is 264 g/mol. The Morgan fingerprint density at radius 2 is 1.95 bits per heavy atom. The highest BCUT2D eigenvalue weighted by molar-refractivity contribution is 5.76. The number of nitrogens with two attached hydrogens (primary N) is 1. The van der Waals surface area contributed by atoms with Crippen molar-refractivity contribution in [1.29, 1.82) is 0 Å². The average Bonchev–Trinajstić information content (AvgIpc) is 2.33. The van der Waals surface area contributed by atoms with Crippen LogP contribution in [0.2, 0.25) is 0 Å². The molecule has 0 saturated heterocycles. The first-order valence-corrected chi connectivity index (χ1v) is 5.40. The summed E-state index contributed by atoms with van der Waals surface area (Å²) in [6.45, 7) is 0. The maximum Gasteiger partial charge on any atom is 0.309 e. The Balaban J connectivity index is 2.61. The highest BCUT2D eigenvalue weighted by atomic mass is 19.2. The highest BCUT2D eigenvalue weighted by Crippen LogP contribution is 2.27. The van der Waals surface area contributed by atoms with E-state index in [-0.39, 0.29) is 22.6 Å². The van der Waals surface area contributed by atoms with Crippen molar-refractivity contribution in [2.75, 3.05) is 5.73 Å². The van der Waals surface area contributed by atoms with Gasteiger partial charge < -0.3 is 10.8 Å². The van der Waals surface area contributed by atoms with Gasteiger partial charge in [-0.2, -0.15) is 0 Å². The molecule has 0 fully saturated rings. The Labute approximate surface area is 107 Å². The van der Waals surface area contributed by atoms with Crippen LogP contribution in [0.15, 0.2) is 30.3 Å². The normalized spacial score (nSPS) is 10.4. The summed E-state index contributed by atoms with van der Waals surface area (Å²) in [6, 6.07) is 6.52. The van der Waals surface area contributed by atoms with Crippen LogP contribution in [-0.4, -0.2) is 16.1 Å². The number of carbonyl (C=O) groups is 1. The van der Waals surface area contributed by atoms with E-state index in [9.17, 15) is 13.6 Å². The monoisotopic (exact) mass is 264 g/mol. The van der Waals surface area contributed by atoms with Crippen LogP contribution in [0.4, 0.5) is 14.6 Å². The van der Waals surface area contributed by atoms with E-state index in [0.717, 1.165) is 6.07 Å². The molecule has 2 rings (SSSR count). The number of aromatic nitrogens is 1. The maximum atomic E-state index is 13.7. The minimum atomic E-state index is -1.13. The van der Waals surface area contributed by atoms with E-state index in [4.69, 9.17) is 10.8 Å². The number of aliphatic carboxylic acids is 1. The van der Waals surface area contributed by atoms with E-state index in [1.54, 1.807) is 0 Å². The van der Waals surface area contributed by atoms with Crippen LogP contribution in [0, 0.1) is 11.6 Å². The summed E-state index contributed by atoms with van der Waals surface area (Å²) >= 11 is 0. The summed E-state index contributed by atoms with van der Waals surface area (Å²) in [5.41, 5.74) is 5.75. The fourth-order valence-electron chi connectivity index (χ4n) is 1.75. The number of pyridine rings is 1. The number of nitrogen functional groups attached to an aromatic ring is 1. The van der Waals surface area contributed by atoms with Gasteiger partial charge in [0.1, 0.15) is 5.82 Å². The molecule has 0 unspecified atom stereocenters. The molecule has 2 aromatic rings. The minimum Gasteiger partial charge on any atom is -0.481 e. The number of rotatable bonds is 3. The van der Waals surface area contributed by atoms with Crippen LogP contribution in [0.25, 0.3) is 11.1 Å². The number of hydrogen-bond acceptors (Lipinski definition) is 3. The van der Waals surface area contributed by atoms with Crippen molar-refractivity contribution in [2.24, 2.45) is 0 Å². The van der Waals surface area contributed by atoms with Gasteiger partial charge in [-0.1, -0.05) is 12.1 Å². The third-order valence-corrected chi connectivity index (χ3v) is 2.56. The molecule has 4 nitrogen and oxygen atoms in total. The molecule has 0 saturated carbocycles. The standard InChI is InChI=1S/C13H10F2N2O2/c14-9-3-1-2-8(13(9)15)7-4-5-11(16)17-10(7)6-12(18)19/h1-5H,6H2,(H2,16,17)(H,18,19). The molecule has 1 heterocycles. The predicted molar refractivity (Wildman–Crippen MR) is 65.3 cm³/mol. The molecule has 1 aromatic carbocycles. The maximum absolute atomic E-state index is 13.7. The Kier molecular flexibility index (Phi) is 3.41. The summed E-state index contributed by atoms with van der Waals surface area (Å²) in [5.74, 6) is -3.05. The molecule has 19 heavy (non-hydrogen) atoms. The largest absolute Gasteiger partial charge is 0.481 e. The van der Waals surface area contributed by atoms with Crippen LogP contribution in [0.3, 0.4) is 0 Å². The van der Waals surface area contributed by atoms with Crippen molar-refractivity contribution in [3.8, 4) is 11.1 Å². The van der Waals surface area contributed by atoms with Crippen LogP contribution < -0.4 is 5.73 Å². The molecule has 0 amide bonds. The molecule has 0 aliphatic carbocycles. The van der Waals surface area contributed by atoms with Gasteiger partial charge in [0.25, 0.3) is 0 Å². The van der Waals surface area contributed by atoms with Gasteiger partial charge in [0.05, 0.1) is 12.1 Å². The minimum absolute atomic E-state index is 0.0382. The Morgan fingerprint density at radius 3 is 2.63 bits per heavy atom. The topological polar surface area (TPSA) is 76.2 Å². The molecular weight excluding hydrogens is 254 g/mol. The molecule has 0 atom stereocenters. The van der Waals surface area contributed by atoms with Gasteiger partial charge >= 0.3 is 5.97 Å². The molecule has 0 radical (unpaired) electrons. The smallest absolute Gasteiger partial charge is 0.309 e. The van der Waals surface area contributed by atoms with Gasteiger partial charge in [0.15, 0.2) is 11.6 Å². The fraction of sp³-hybridized carbons (Fsp3) is 0.0769. The van der Waals surface area contributed by atoms with Gasteiger partial charge in [-0.25, -0.2) is 13.8 Å². The zero-order valence-electron chi connectivity index (χ0n) is 9.73. The van der Waals surface area contributed by atoms with E-state index in [1.807, 2.05) is 0 Å². The molecule has 0 aliphatic heterocycles. The van der Waals surface area contributed by atoms with Crippen molar-refractivity contribution in [3.63, 3.8) is 0 Å². The first-order valence-electron chi connectivity index (χ1n) is 5.40. The number of benzene rings is 1. The summed E-state index contributed by atoms with van der Waals surface area (Å²) < 4.78 is 26.9. The Hall–Kier alpha value is -2.50. The van der Waals surface area contributed by atoms with Crippen LogP contribution >= 0.6 is 0 Å². The quantitative estimate of drug-likeness (QED) is 0.891. The van der Waals surface area contributed by atoms with E-state index < -0.39 is 24.0 Å². The molecule has 0 aliphatic rings. The lowest BCUT2D eigenvalue weighted by Gasteiger charge is -2.09. The van der Waals surface area contributed by atoms with E-state index in [0.29, 0.717) is 0 Å². The second-order valence-electron chi connectivity index (χ2n) is 3.90. The van der Waals surface area contributed by atoms with Crippen LogP contribution in [0.5, 0.6) is 0 Å². The highest BCUT2D eigenvalue weighted by Gasteiger charge is 2.16. The number of hydrogen-bond donors (Lipinski definition) is 2. The van der Waals surface area contributed by atoms with Gasteiger partial charge in [-0.15, -0.1) is 0 Å². The second kappa shape index (κ2) is 5.01. The zero-order valence-corrected chi connectivity index (χ0v) is 9.73. The second-order valence-corrected chi connectivity index (χ2v) is 3.90. The predicted octanol–water partition coefficient (Wildman–Crippen LogP) is 2.24. The number of nitrogens with zero attached hydrogens (tertiary/aromatic N) is 1. The SMILES string of the molecule is Nc1ccc(-c2cccc(F)c2F)c(CC(=O)O)n1. The van der Waals surface area contributed by atoms with E-state index in [2.05, 4.69) is 4.98 Å². The molecule has 3 N–H and O–H groups in total. The molecule has 1 aromatic heterocycles. The number of halogens is 2. The van der Waals surface area contributed by atoms with Crippen molar-refractivity contribution < 1.29 is 18.7 Å². The van der Waals surface area contributed by atoms with Crippen molar-refractivity contribution in [3.05, 3.63) is 47.7 Å². The Bertz CT molecular complexity index is 645. The molecule has 0 spiro atoms. The van der Waals surface area contributed by atoms with Crippen molar-refractivity contribution in [1.82, 2.24) is 4.98 Å². The lowest BCUT2D eigenvalue weighted by molar-refractivity contribution is -0.136. The molecule has 0 bridgehead atoms. The molecular formula is C13H10F2N2O2. The van der Waals surface area contributed by atoms with Crippen molar-refractivity contribution in [2.45, 2.75) is 6.42 Å². The van der Waals surface area contributed by atoms with Crippen LogP contribution in [-0.2, 0) is 11.2 Å². The van der Waals surface area contributed by atoms with Gasteiger partial charge in [-0.3, -0.25) is 4.79 Å². The summed E-state index contributed by atoms with van der Waals surface area (Å²) in [5, 5.41) is 8.80. The zero-order chi connectivity index (χ0) is 14.0.